The van der Waals surface area contributed by atoms with Crippen LogP contribution in [0.3, 0.4) is 0 Å². The summed E-state index contributed by atoms with van der Waals surface area (Å²) in [5.74, 6) is -4.79. The Balaban J connectivity index is 5.44. The summed E-state index contributed by atoms with van der Waals surface area (Å²) < 4.78 is 0. The number of hydrogen-bond donors (Lipinski definition) is 7. The third kappa shape index (κ3) is 11.5. The van der Waals surface area contributed by atoms with Crippen LogP contribution in [0.1, 0.15) is 33.1 Å². The Morgan fingerprint density at radius 3 is 1.87 bits per heavy atom. The lowest BCUT2D eigenvalue weighted by atomic mass is 10.0. The number of carbonyl (C=O) groups excluding carboxylic acids is 3. The molecule has 8 N–H and O–H groups in total. The molecule has 0 spiro atoms. The van der Waals surface area contributed by atoms with Gasteiger partial charge in [-0.2, -0.15) is 11.8 Å². The summed E-state index contributed by atoms with van der Waals surface area (Å²) in [5, 5.41) is 34.2. The number of nitrogens with two attached hydrogens (primary N) is 1. The zero-order valence-electron chi connectivity index (χ0n) is 17.8. The largest absolute Gasteiger partial charge is 0.481 e. The van der Waals surface area contributed by atoms with Crippen LogP contribution in [0.5, 0.6) is 0 Å². The van der Waals surface area contributed by atoms with Gasteiger partial charge in [-0.3, -0.25) is 19.2 Å². The van der Waals surface area contributed by atoms with Crippen molar-refractivity contribution in [1.29, 1.82) is 0 Å². The van der Waals surface area contributed by atoms with Gasteiger partial charge in [0.25, 0.3) is 0 Å². The first-order chi connectivity index (χ1) is 14.4. The first-order valence-corrected chi connectivity index (χ1v) is 11.0. The van der Waals surface area contributed by atoms with Crippen LogP contribution < -0.4 is 21.7 Å². The van der Waals surface area contributed by atoms with Crippen LogP contribution >= 0.6 is 11.8 Å². The normalized spacial score (nSPS) is 14.8. The average molecular weight is 465 g/mol. The van der Waals surface area contributed by atoms with Crippen molar-refractivity contribution in [2.45, 2.75) is 57.3 Å². The lowest BCUT2D eigenvalue weighted by Crippen LogP contribution is -2.58. The van der Waals surface area contributed by atoms with Crippen molar-refractivity contribution in [3.8, 4) is 0 Å². The van der Waals surface area contributed by atoms with E-state index in [1.54, 1.807) is 20.1 Å². The third-order valence-electron chi connectivity index (χ3n) is 4.11. The van der Waals surface area contributed by atoms with E-state index in [1.807, 2.05) is 0 Å². The zero-order valence-corrected chi connectivity index (χ0v) is 18.6. The van der Waals surface area contributed by atoms with E-state index < -0.39 is 66.9 Å². The van der Waals surface area contributed by atoms with Gasteiger partial charge in [0.1, 0.15) is 24.2 Å². The zero-order chi connectivity index (χ0) is 24.1. The first kappa shape index (κ1) is 28.6. The molecule has 0 rings (SSSR count). The lowest BCUT2D eigenvalue weighted by molar-refractivity contribution is -0.143. The predicted octanol–water partition coefficient (Wildman–Crippen LogP) is -1.88. The maximum atomic E-state index is 12.7. The minimum absolute atomic E-state index is 0.0687. The molecule has 0 aliphatic carbocycles. The molecule has 13 heteroatoms. The molecule has 0 saturated carbocycles. The fraction of sp³-hybridized carbons (Fsp3) is 0.722. The van der Waals surface area contributed by atoms with Gasteiger partial charge >= 0.3 is 11.9 Å². The highest BCUT2D eigenvalue weighted by Gasteiger charge is 2.31. The highest BCUT2D eigenvalue weighted by atomic mass is 32.2. The van der Waals surface area contributed by atoms with Crippen molar-refractivity contribution in [3.05, 3.63) is 0 Å². The number of hydrogen-bond acceptors (Lipinski definition) is 8. The molecule has 0 fully saturated rings. The van der Waals surface area contributed by atoms with E-state index >= 15 is 0 Å². The highest BCUT2D eigenvalue weighted by Crippen LogP contribution is 2.08. The van der Waals surface area contributed by atoms with Crippen LogP contribution in [0.2, 0.25) is 0 Å². The van der Waals surface area contributed by atoms with Gasteiger partial charge in [0.2, 0.25) is 17.7 Å². The number of thioether (sulfide) groups is 1. The van der Waals surface area contributed by atoms with Crippen molar-refractivity contribution >= 4 is 41.4 Å². The average Bonchev–Trinajstić information content (AvgIpc) is 2.67. The number of amides is 3. The molecule has 3 amide bonds. The van der Waals surface area contributed by atoms with Gasteiger partial charge in [-0.05, 0) is 30.8 Å². The van der Waals surface area contributed by atoms with E-state index in [9.17, 15) is 29.1 Å². The molecular weight excluding hydrogens is 432 g/mol. The summed E-state index contributed by atoms with van der Waals surface area (Å²) in [5.41, 5.74) is 5.37. The van der Waals surface area contributed by atoms with Gasteiger partial charge in [0.15, 0.2) is 0 Å². The Hall–Kier alpha value is -2.38. The minimum Gasteiger partial charge on any atom is -0.481 e. The molecule has 0 aliphatic heterocycles. The Kier molecular flexibility index (Phi) is 13.5. The van der Waals surface area contributed by atoms with Gasteiger partial charge in [0.05, 0.1) is 13.0 Å². The number of rotatable bonds is 15. The summed E-state index contributed by atoms with van der Waals surface area (Å²) in [7, 11) is 0. The SMILES string of the molecule is CSCCC(NC(=O)C(CC(C)C)NC(=O)C(CC(=O)O)NC(=O)C(N)CO)C(=O)O. The molecule has 12 nitrogen and oxygen atoms in total. The van der Waals surface area contributed by atoms with Crippen LogP contribution in [-0.2, 0) is 24.0 Å². The fourth-order valence-corrected chi connectivity index (χ4v) is 2.96. The molecular formula is C18H32N4O8S. The molecule has 0 aromatic carbocycles. The van der Waals surface area contributed by atoms with Crippen LogP contribution in [0.4, 0.5) is 0 Å². The molecule has 0 saturated heterocycles. The maximum absolute atomic E-state index is 12.7. The smallest absolute Gasteiger partial charge is 0.326 e. The summed E-state index contributed by atoms with van der Waals surface area (Å²) >= 11 is 1.42. The third-order valence-corrected chi connectivity index (χ3v) is 4.75. The second-order valence-electron chi connectivity index (χ2n) is 7.32. The summed E-state index contributed by atoms with van der Waals surface area (Å²) in [6, 6.07) is -5.20. The lowest BCUT2D eigenvalue weighted by Gasteiger charge is -2.25. The van der Waals surface area contributed by atoms with Crippen molar-refractivity contribution in [2.24, 2.45) is 11.7 Å². The van der Waals surface area contributed by atoms with Crippen LogP contribution in [0.15, 0.2) is 0 Å². The van der Waals surface area contributed by atoms with E-state index in [2.05, 4.69) is 16.0 Å². The Morgan fingerprint density at radius 2 is 1.42 bits per heavy atom. The van der Waals surface area contributed by atoms with Gasteiger partial charge < -0.3 is 37.0 Å². The number of carbonyl (C=O) groups is 5. The Bertz CT molecular complexity index is 646. The van der Waals surface area contributed by atoms with Crippen molar-refractivity contribution in [2.75, 3.05) is 18.6 Å². The topological polar surface area (TPSA) is 208 Å². The Morgan fingerprint density at radius 1 is 0.903 bits per heavy atom. The number of aliphatic carboxylic acids is 2. The van der Waals surface area contributed by atoms with Gasteiger partial charge in [-0.1, -0.05) is 13.8 Å². The first-order valence-electron chi connectivity index (χ1n) is 9.63. The van der Waals surface area contributed by atoms with E-state index in [1.165, 1.54) is 11.8 Å². The number of carboxylic acid groups (broad SMARTS) is 2. The molecule has 4 atom stereocenters. The minimum atomic E-state index is -1.54. The van der Waals surface area contributed by atoms with Crippen molar-refractivity contribution in [3.63, 3.8) is 0 Å². The predicted molar refractivity (Wildman–Crippen MR) is 113 cm³/mol. The van der Waals surface area contributed by atoms with Gasteiger partial charge in [0, 0.05) is 0 Å². The molecule has 178 valence electrons. The van der Waals surface area contributed by atoms with Crippen molar-refractivity contribution in [1.82, 2.24) is 16.0 Å². The number of aliphatic hydroxyl groups is 1. The second-order valence-corrected chi connectivity index (χ2v) is 8.31. The van der Waals surface area contributed by atoms with Crippen LogP contribution in [-0.4, -0.2) is 87.8 Å². The fourth-order valence-electron chi connectivity index (χ4n) is 2.49. The second kappa shape index (κ2) is 14.6. The van der Waals surface area contributed by atoms with E-state index in [4.69, 9.17) is 15.9 Å². The summed E-state index contributed by atoms with van der Waals surface area (Å²) in [6.07, 6.45) is 1.34. The molecule has 4 unspecified atom stereocenters. The standard InChI is InChI=1S/C18H32N4O8S/c1-9(2)6-12(16(27)20-11(18(29)30)4-5-31-3)22-17(28)13(7-14(24)25)21-15(26)10(19)8-23/h9-13,23H,4-8,19H2,1-3H3,(H,20,27)(H,21,26)(H,22,28)(H,24,25)(H,29,30). The summed E-state index contributed by atoms with van der Waals surface area (Å²) in [6.45, 7) is 2.86. The molecule has 31 heavy (non-hydrogen) atoms. The molecule has 0 heterocycles. The quantitative estimate of drug-likeness (QED) is 0.143. The maximum Gasteiger partial charge on any atom is 0.326 e. The monoisotopic (exact) mass is 464 g/mol. The van der Waals surface area contributed by atoms with Gasteiger partial charge in [-0.15, -0.1) is 0 Å². The summed E-state index contributed by atoms with van der Waals surface area (Å²) in [4.78, 5) is 59.6. The highest BCUT2D eigenvalue weighted by molar-refractivity contribution is 7.98. The number of aliphatic hydroxyl groups excluding tert-OH is 1. The van der Waals surface area contributed by atoms with Crippen LogP contribution in [0.25, 0.3) is 0 Å². The van der Waals surface area contributed by atoms with E-state index in [-0.39, 0.29) is 18.8 Å². The molecule has 0 radical (unpaired) electrons. The van der Waals surface area contributed by atoms with Crippen LogP contribution in [0, 0.1) is 5.92 Å². The van der Waals surface area contributed by atoms with Gasteiger partial charge in [-0.25, -0.2) is 4.79 Å². The van der Waals surface area contributed by atoms with E-state index in [0.717, 1.165) is 0 Å². The van der Waals surface area contributed by atoms with Crippen molar-refractivity contribution < 1.29 is 39.3 Å². The molecule has 0 aliphatic rings. The molecule has 0 aromatic rings. The molecule has 0 bridgehead atoms. The number of carboxylic acids is 2. The Labute approximate surface area is 184 Å². The number of nitrogens with one attached hydrogen (secondary N) is 3. The molecule has 0 aromatic heterocycles. The van der Waals surface area contributed by atoms with E-state index in [0.29, 0.717) is 5.75 Å².